The zero-order valence-electron chi connectivity index (χ0n) is 19.0. The number of fused-ring (bicyclic) bond motifs is 1. The van der Waals surface area contributed by atoms with E-state index in [0.29, 0.717) is 55.6 Å². The number of halogens is 1. The van der Waals surface area contributed by atoms with Crippen molar-refractivity contribution in [3.63, 3.8) is 0 Å². The molecule has 2 aromatic carbocycles. The van der Waals surface area contributed by atoms with Crippen LogP contribution in [0.4, 0.5) is 16.2 Å². The topological polar surface area (TPSA) is 140 Å². The normalized spacial score (nSPS) is 13.4. The maximum Gasteiger partial charge on any atom is 0.337 e. The fourth-order valence-corrected chi connectivity index (χ4v) is 4.04. The lowest BCUT2D eigenvalue weighted by Crippen LogP contribution is -2.34. The monoisotopic (exact) mass is 492 g/mol. The second-order valence-electron chi connectivity index (χ2n) is 8.11. The average Bonchev–Trinajstić information content (AvgIpc) is 3.24. The van der Waals surface area contributed by atoms with Gasteiger partial charge in [0.2, 0.25) is 0 Å². The third-order valence-electron chi connectivity index (χ3n) is 5.69. The number of hydrogen-bond acceptors (Lipinski definition) is 4. The van der Waals surface area contributed by atoms with E-state index >= 15 is 0 Å². The maximum atomic E-state index is 12.6. The summed E-state index contributed by atoms with van der Waals surface area (Å²) in [6.07, 6.45) is 1.60. The van der Waals surface area contributed by atoms with Gasteiger partial charge in [0.25, 0.3) is 11.8 Å². The third kappa shape index (κ3) is 4.67. The molecular weight excluding hydrogens is 472 g/mol. The number of urea groups is 1. The molecule has 178 valence electrons. The first kappa shape index (κ1) is 23.8. The number of amides is 4. The highest BCUT2D eigenvalue weighted by molar-refractivity contribution is 6.35. The fourth-order valence-electron chi connectivity index (χ4n) is 3.92. The summed E-state index contributed by atoms with van der Waals surface area (Å²) >= 11 is 5.97. The standard InChI is InChI=1S/C25H21ClN4O5/c1-11-8-14(4-7-18(11)26)22(31)30-25(35)28-15-5-6-16-17(23(32)29-20(16)9-15)10-19-12(2)21(24(33)34)13(3)27-19/h4-10,27H,1-3H3,(H,29,32)(H,33,34)(H2,28,30,31,35)/b17-10-. The molecule has 10 heteroatoms. The van der Waals surface area contributed by atoms with Crippen LogP contribution in [0.3, 0.4) is 0 Å². The van der Waals surface area contributed by atoms with Gasteiger partial charge in [-0.2, -0.15) is 0 Å². The minimum Gasteiger partial charge on any atom is -0.478 e. The highest BCUT2D eigenvalue weighted by atomic mass is 35.5. The second kappa shape index (κ2) is 9.11. The minimum absolute atomic E-state index is 0.171. The first-order valence-electron chi connectivity index (χ1n) is 10.5. The molecule has 4 rings (SSSR count). The summed E-state index contributed by atoms with van der Waals surface area (Å²) in [6.45, 7) is 5.08. The smallest absolute Gasteiger partial charge is 0.337 e. The summed E-state index contributed by atoms with van der Waals surface area (Å²) < 4.78 is 0. The first-order valence-corrected chi connectivity index (χ1v) is 10.9. The van der Waals surface area contributed by atoms with E-state index in [1.807, 2.05) is 0 Å². The van der Waals surface area contributed by atoms with E-state index in [0.717, 1.165) is 0 Å². The molecule has 1 aromatic heterocycles. The van der Waals surface area contributed by atoms with E-state index in [9.17, 15) is 24.3 Å². The van der Waals surface area contributed by atoms with Crippen LogP contribution in [0.1, 0.15) is 48.8 Å². The van der Waals surface area contributed by atoms with Gasteiger partial charge in [-0.25, -0.2) is 9.59 Å². The predicted molar refractivity (Wildman–Crippen MR) is 133 cm³/mol. The molecule has 0 saturated heterocycles. The summed E-state index contributed by atoms with van der Waals surface area (Å²) in [5, 5.41) is 17.5. The SMILES string of the molecule is Cc1cc(C(=O)NC(=O)Nc2ccc3c(c2)NC(=O)/C3=C\c2[nH]c(C)c(C(=O)O)c2C)ccc1Cl. The molecule has 1 aliphatic heterocycles. The molecule has 4 amide bonds. The quantitative estimate of drug-likeness (QED) is 0.334. The Bertz CT molecular complexity index is 1450. The van der Waals surface area contributed by atoms with Crippen LogP contribution in [0, 0.1) is 20.8 Å². The van der Waals surface area contributed by atoms with E-state index in [2.05, 4.69) is 20.9 Å². The lowest BCUT2D eigenvalue weighted by molar-refractivity contribution is -0.110. The molecule has 0 atom stereocenters. The van der Waals surface area contributed by atoms with Crippen LogP contribution in [0.5, 0.6) is 0 Å². The number of carboxylic acids is 1. The number of imide groups is 1. The largest absolute Gasteiger partial charge is 0.478 e. The summed E-state index contributed by atoms with van der Waals surface area (Å²) in [7, 11) is 0. The van der Waals surface area contributed by atoms with Gasteiger partial charge in [0.1, 0.15) is 0 Å². The van der Waals surface area contributed by atoms with E-state index in [1.165, 1.54) is 6.07 Å². The van der Waals surface area contributed by atoms with Gasteiger partial charge in [-0.1, -0.05) is 17.7 Å². The van der Waals surface area contributed by atoms with Gasteiger partial charge >= 0.3 is 12.0 Å². The zero-order chi connectivity index (χ0) is 25.4. The first-order chi connectivity index (χ1) is 16.5. The number of nitrogens with one attached hydrogen (secondary N) is 4. The van der Waals surface area contributed by atoms with Gasteiger partial charge in [0, 0.05) is 33.2 Å². The van der Waals surface area contributed by atoms with Crippen molar-refractivity contribution in [3.05, 3.63) is 80.6 Å². The van der Waals surface area contributed by atoms with Crippen LogP contribution in [0.2, 0.25) is 5.02 Å². The Hall–Kier alpha value is -4.37. The molecule has 0 saturated carbocycles. The summed E-state index contributed by atoms with van der Waals surface area (Å²) in [5.74, 6) is -1.99. The number of benzene rings is 2. The number of carbonyl (C=O) groups excluding carboxylic acids is 3. The van der Waals surface area contributed by atoms with Crippen molar-refractivity contribution in [2.75, 3.05) is 10.6 Å². The molecule has 1 aliphatic rings. The second-order valence-corrected chi connectivity index (χ2v) is 8.52. The summed E-state index contributed by atoms with van der Waals surface area (Å²) in [5.41, 5.74) is 4.50. The number of H-pyrrole nitrogens is 1. The molecule has 5 N–H and O–H groups in total. The van der Waals surface area contributed by atoms with Crippen LogP contribution in [-0.2, 0) is 4.79 Å². The van der Waals surface area contributed by atoms with Gasteiger partial charge in [0.05, 0.1) is 16.8 Å². The zero-order valence-corrected chi connectivity index (χ0v) is 19.8. The van der Waals surface area contributed by atoms with Gasteiger partial charge in [-0.05, 0) is 68.3 Å². The third-order valence-corrected chi connectivity index (χ3v) is 6.11. The Morgan fingerprint density at radius 3 is 2.46 bits per heavy atom. The lowest BCUT2D eigenvalue weighted by atomic mass is 10.0. The van der Waals surface area contributed by atoms with E-state index in [4.69, 9.17) is 11.6 Å². The minimum atomic E-state index is -1.05. The van der Waals surface area contributed by atoms with Gasteiger partial charge in [0.15, 0.2) is 0 Å². The number of anilines is 2. The molecule has 0 bridgehead atoms. The van der Waals surface area contributed by atoms with Gasteiger partial charge in [-0.3, -0.25) is 14.9 Å². The molecule has 2 heterocycles. The van der Waals surface area contributed by atoms with Crippen LogP contribution in [-0.4, -0.2) is 33.9 Å². The Balaban J connectivity index is 1.52. The van der Waals surface area contributed by atoms with Crippen LogP contribution < -0.4 is 16.0 Å². The lowest BCUT2D eigenvalue weighted by Gasteiger charge is -2.09. The predicted octanol–water partition coefficient (Wildman–Crippen LogP) is 4.75. The number of hydrogen-bond donors (Lipinski definition) is 5. The van der Waals surface area contributed by atoms with Crippen molar-refractivity contribution < 1.29 is 24.3 Å². The number of aromatic carboxylic acids is 1. The number of rotatable bonds is 4. The molecule has 35 heavy (non-hydrogen) atoms. The van der Waals surface area contributed by atoms with E-state index in [1.54, 1.807) is 57.2 Å². The van der Waals surface area contributed by atoms with Crippen molar-refractivity contribution in [2.45, 2.75) is 20.8 Å². The Morgan fingerprint density at radius 1 is 1.06 bits per heavy atom. The Morgan fingerprint density at radius 2 is 1.80 bits per heavy atom. The number of carboxylic acid groups (broad SMARTS) is 1. The molecule has 0 spiro atoms. The van der Waals surface area contributed by atoms with E-state index in [-0.39, 0.29) is 11.5 Å². The molecule has 0 radical (unpaired) electrons. The number of carbonyl (C=O) groups is 4. The summed E-state index contributed by atoms with van der Waals surface area (Å²) in [4.78, 5) is 51.7. The van der Waals surface area contributed by atoms with Crippen molar-refractivity contribution in [2.24, 2.45) is 0 Å². The fraction of sp³-hybridized carbons (Fsp3) is 0.120. The molecule has 0 fully saturated rings. The van der Waals surface area contributed by atoms with Gasteiger partial charge < -0.3 is 20.7 Å². The highest BCUT2D eigenvalue weighted by Gasteiger charge is 2.26. The van der Waals surface area contributed by atoms with Gasteiger partial charge in [-0.15, -0.1) is 0 Å². The molecule has 9 nitrogen and oxygen atoms in total. The van der Waals surface area contributed by atoms with Crippen molar-refractivity contribution in [3.8, 4) is 0 Å². The molecule has 3 aromatic rings. The van der Waals surface area contributed by atoms with Crippen LogP contribution in [0.15, 0.2) is 36.4 Å². The molecule has 0 unspecified atom stereocenters. The molecular formula is C25H21ClN4O5. The Labute approximate surface area is 205 Å². The molecule has 0 aliphatic carbocycles. The van der Waals surface area contributed by atoms with E-state index < -0.39 is 17.9 Å². The number of aryl methyl sites for hydroxylation is 2. The van der Waals surface area contributed by atoms with Crippen LogP contribution in [0.25, 0.3) is 11.6 Å². The van der Waals surface area contributed by atoms with Crippen LogP contribution >= 0.6 is 11.6 Å². The maximum absolute atomic E-state index is 12.6. The van der Waals surface area contributed by atoms with Crippen molar-refractivity contribution >= 4 is 58.4 Å². The highest BCUT2D eigenvalue weighted by Crippen LogP contribution is 2.35. The number of aromatic nitrogens is 1. The van der Waals surface area contributed by atoms with Crippen molar-refractivity contribution in [1.29, 1.82) is 0 Å². The Kier molecular flexibility index (Phi) is 6.19. The average molecular weight is 493 g/mol. The number of aromatic amines is 1. The van der Waals surface area contributed by atoms with Crippen molar-refractivity contribution in [1.82, 2.24) is 10.3 Å². The summed E-state index contributed by atoms with van der Waals surface area (Å²) in [6, 6.07) is 8.76.